The fourth-order valence-electron chi connectivity index (χ4n) is 1.88. The van der Waals surface area contributed by atoms with Gasteiger partial charge in [0.2, 0.25) is 5.89 Å². The van der Waals surface area contributed by atoms with Crippen molar-refractivity contribution in [2.45, 2.75) is 12.0 Å². The summed E-state index contributed by atoms with van der Waals surface area (Å²) in [5.41, 5.74) is 6.89. The SMILES string of the molecule is NC1(c2nc3cccc(Cl)c3o2)CCOC1. The molecule has 84 valence electrons. The molecule has 0 spiro atoms. The summed E-state index contributed by atoms with van der Waals surface area (Å²) in [6, 6.07) is 5.46. The normalized spacial score (nSPS) is 25.4. The molecule has 1 fully saturated rings. The second kappa shape index (κ2) is 3.45. The van der Waals surface area contributed by atoms with E-state index in [1.807, 2.05) is 12.1 Å². The van der Waals surface area contributed by atoms with E-state index in [-0.39, 0.29) is 0 Å². The first-order chi connectivity index (χ1) is 7.69. The van der Waals surface area contributed by atoms with Crippen LogP contribution in [0.2, 0.25) is 5.02 Å². The molecular formula is C11H11ClN2O2. The predicted molar refractivity (Wildman–Crippen MR) is 60.3 cm³/mol. The van der Waals surface area contributed by atoms with Gasteiger partial charge in [-0.25, -0.2) is 4.98 Å². The third kappa shape index (κ3) is 1.42. The maximum Gasteiger partial charge on any atom is 0.218 e. The summed E-state index contributed by atoms with van der Waals surface area (Å²) in [6.07, 6.45) is 0.720. The molecule has 5 heteroatoms. The lowest BCUT2D eigenvalue weighted by atomic mass is 10.0. The number of hydrogen-bond donors (Lipinski definition) is 1. The smallest absolute Gasteiger partial charge is 0.218 e. The molecule has 1 unspecified atom stereocenters. The van der Waals surface area contributed by atoms with E-state index in [1.165, 1.54) is 0 Å². The Morgan fingerprint density at radius 3 is 3.00 bits per heavy atom. The summed E-state index contributed by atoms with van der Waals surface area (Å²) in [4.78, 5) is 4.37. The van der Waals surface area contributed by atoms with Crippen molar-refractivity contribution in [1.82, 2.24) is 4.98 Å². The molecule has 1 aliphatic heterocycles. The van der Waals surface area contributed by atoms with E-state index in [2.05, 4.69) is 4.98 Å². The zero-order valence-corrected chi connectivity index (χ0v) is 9.33. The van der Waals surface area contributed by atoms with Gasteiger partial charge in [-0.2, -0.15) is 0 Å². The maximum absolute atomic E-state index is 6.17. The summed E-state index contributed by atoms with van der Waals surface area (Å²) < 4.78 is 10.9. The molecule has 4 nitrogen and oxygen atoms in total. The van der Waals surface area contributed by atoms with Crippen molar-refractivity contribution in [3.63, 3.8) is 0 Å². The minimum atomic E-state index is -0.609. The molecule has 2 heterocycles. The van der Waals surface area contributed by atoms with Gasteiger partial charge in [0, 0.05) is 6.61 Å². The number of benzene rings is 1. The topological polar surface area (TPSA) is 61.3 Å². The fraction of sp³-hybridized carbons (Fsp3) is 0.364. The molecule has 1 aromatic heterocycles. The van der Waals surface area contributed by atoms with Gasteiger partial charge in [0.05, 0.1) is 11.6 Å². The Kier molecular flexibility index (Phi) is 2.17. The number of rotatable bonds is 1. The van der Waals surface area contributed by atoms with Crippen molar-refractivity contribution in [3.05, 3.63) is 29.1 Å². The first-order valence-corrected chi connectivity index (χ1v) is 5.49. The largest absolute Gasteiger partial charge is 0.437 e. The number of para-hydroxylation sites is 1. The first kappa shape index (κ1) is 10.1. The highest BCUT2D eigenvalue weighted by atomic mass is 35.5. The van der Waals surface area contributed by atoms with Crippen LogP contribution >= 0.6 is 11.6 Å². The van der Waals surface area contributed by atoms with Crippen LogP contribution < -0.4 is 5.73 Å². The number of nitrogens with two attached hydrogens (primary N) is 1. The molecule has 0 bridgehead atoms. The molecule has 0 aliphatic carbocycles. The highest BCUT2D eigenvalue weighted by Gasteiger charge is 2.37. The molecule has 1 saturated heterocycles. The molecule has 0 saturated carbocycles. The predicted octanol–water partition coefficient (Wildman–Crippen LogP) is 2.06. The van der Waals surface area contributed by atoms with E-state index in [0.29, 0.717) is 29.7 Å². The van der Waals surface area contributed by atoms with Crippen LogP contribution in [0.15, 0.2) is 22.6 Å². The van der Waals surface area contributed by atoms with E-state index in [1.54, 1.807) is 6.07 Å². The van der Waals surface area contributed by atoms with Crippen LogP contribution in [0.3, 0.4) is 0 Å². The second-order valence-corrected chi connectivity index (χ2v) is 4.47. The van der Waals surface area contributed by atoms with Gasteiger partial charge < -0.3 is 14.9 Å². The Balaban J connectivity index is 2.15. The van der Waals surface area contributed by atoms with Gasteiger partial charge in [0.25, 0.3) is 0 Å². The molecule has 2 aromatic rings. The highest BCUT2D eigenvalue weighted by Crippen LogP contribution is 2.32. The Morgan fingerprint density at radius 1 is 1.44 bits per heavy atom. The number of nitrogens with zero attached hydrogens (tertiary/aromatic N) is 1. The highest BCUT2D eigenvalue weighted by molar-refractivity contribution is 6.34. The van der Waals surface area contributed by atoms with Crippen molar-refractivity contribution >= 4 is 22.7 Å². The number of ether oxygens (including phenoxy) is 1. The average Bonchev–Trinajstić information content (AvgIpc) is 2.85. The lowest BCUT2D eigenvalue weighted by Gasteiger charge is -2.16. The van der Waals surface area contributed by atoms with Gasteiger partial charge in [-0.1, -0.05) is 17.7 Å². The maximum atomic E-state index is 6.17. The summed E-state index contributed by atoms with van der Waals surface area (Å²) in [6.45, 7) is 1.08. The van der Waals surface area contributed by atoms with Crippen molar-refractivity contribution in [2.24, 2.45) is 5.73 Å². The summed E-state index contributed by atoms with van der Waals surface area (Å²) in [7, 11) is 0. The van der Waals surface area contributed by atoms with E-state index >= 15 is 0 Å². The van der Waals surface area contributed by atoms with E-state index < -0.39 is 5.54 Å². The van der Waals surface area contributed by atoms with Crippen LogP contribution in [0.5, 0.6) is 0 Å². The molecule has 1 aromatic carbocycles. The van der Waals surface area contributed by atoms with Gasteiger partial charge in [0.15, 0.2) is 5.58 Å². The first-order valence-electron chi connectivity index (χ1n) is 5.11. The molecule has 2 N–H and O–H groups in total. The molecule has 1 aliphatic rings. The fourth-order valence-corrected chi connectivity index (χ4v) is 2.09. The van der Waals surface area contributed by atoms with Crippen molar-refractivity contribution < 1.29 is 9.15 Å². The molecule has 1 atom stereocenters. The molecule has 16 heavy (non-hydrogen) atoms. The molecule has 0 amide bonds. The molecule has 3 rings (SSSR count). The Hall–Kier alpha value is -1.10. The molecule has 0 radical (unpaired) electrons. The number of fused-ring (bicyclic) bond motifs is 1. The van der Waals surface area contributed by atoms with Gasteiger partial charge >= 0.3 is 0 Å². The number of hydrogen-bond acceptors (Lipinski definition) is 4. The zero-order chi connectivity index (χ0) is 11.2. The van der Waals surface area contributed by atoms with Gasteiger partial charge in [0.1, 0.15) is 11.1 Å². The number of aromatic nitrogens is 1. The second-order valence-electron chi connectivity index (χ2n) is 4.07. The van der Waals surface area contributed by atoms with Crippen LogP contribution in [0.25, 0.3) is 11.1 Å². The van der Waals surface area contributed by atoms with E-state index in [4.69, 9.17) is 26.5 Å². The third-order valence-corrected chi connectivity index (χ3v) is 3.14. The van der Waals surface area contributed by atoms with Crippen molar-refractivity contribution in [1.29, 1.82) is 0 Å². The lowest BCUT2D eigenvalue weighted by Crippen LogP contribution is -2.37. The molecular weight excluding hydrogens is 228 g/mol. The standard InChI is InChI=1S/C11H11ClN2O2/c12-7-2-1-3-8-9(7)16-10(14-8)11(13)4-5-15-6-11/h1-3H,4-6,13H2. The van der Waals surface area contributed by atoms with Crippen LogP contribution in [0.4, 0.5) is 0 Å². The third-order valence-electron chi connectivity index (χ3n) is 2.85. The monoisotopic (exact) mass is 238 g/mol. The number of oxazole rings is 1. The average molecular weight is 239 g/mol. The summed E-state index contributed by atoms with van der Waals surface area (Å²) in [5, 5.41) is 0.554. The van der Waals surface area contributed by atoms with Crippen LogP contribution in [0, 0.1) is 0 Å². The zero-order valence-electron chi connectivity index (χ0n) is 8.57. The Bertz CT molecular complexity index is 532. The Morgan fingerprint density at radius 2 is 2.31 bits per heavy atom. The van der Waals surface area contributed by atoms with Crippen molar-refractivity contribution in [3.8, 4) is 0 Å². The van der Waals surface area contributed by atoms with Gasteiger partial charge in [-0.05, 0) is 18.6 Å². The van der Waals surface area contributed by atoms with Gasteiger partial charge in [-0.3, -0.25) is 0 Å². The van der Waals surface area contributed by atoms with E-state index in [0.717, 1.165) is 11.9 Å². The van der Waals surface area contributed by atoms with Crippen LogP contribution in [-0.2, 0) is 10.3 Å². The minimum Gasteiger partial charge on any atom is -0.437 e. The number of halogens is 1. The van der Waals surface area contributed by atoms with Crippen LogP contribution in [-0.4, -0.2) is 18.2 Å². The van der Waals surface area contributed by atoms with Crippen molar-refractivity contribution in [2.75, 3.05) is 13.2 Å². The minimum absolute atomic E-state index is 0.442. The van der Waals surface area contributed by atoms with Gasteiger partial charge in [-0.15, -0.1) is 0 Å². The summed E-state index contributed by atoms with van der Waals surface area (Å²) in [5.74, 6) is 0.508. The lowest BCUT2D eigenvalue weighted by molar-refractivity contribution is 0.170. The Labute approximate surface area is 97.3 Å². The quantitative estimate of drug-likeness (QED) is 0.826. The van der Waals surface area contributed by atoms with Crippen LogP contribution in [0.1, 0.15) is 12.3 Å². The van der Waals surface area contributed by atoms with E-state index in [9.17, 15) is 0 Å². The summed E-state index contributed by atoms with van der Waals surface area (Å²) >= 11 is 6.02.